The second-order valence-corrected chi connectivity index (χ2v) is 5.41. The monoisotopic (exact) mass is 245 g/mol. The third-order valence-electron chi connectivity index (χ3n) is 3.99. The molecule has 1 N–H and O–H groups in total. The Hall–Kier alpha value is -1.51. The molecule has 0 saturated heterocycles. The average Bonchev–Trinajstić information content (AvgIpc) is 2.39. The highest BCUT2D eigenvalue weighted by Gasteiger charge is 2.32. The first kappa shape index (κ1) is 11.6. The summed E-state index contributed by atoms with van der Waals surface area (Å²) in [5, 5.41) is 3.00. The molecule has 1 saturated carbocycles. The molecule has 1 aromatic carbocycles. The molecule has 1 fully saturated rings. The van der Waals surface area contributed by atoms with E-state index in [4.69, 9.17) is 4.74 Å². The summed E-state index contributed by atoms with van der Waals surface area (Å²) in [6, 6.07) is 5.75. The highest BCUT2D eigenvalue weighted by molar-refractivity contribution is 5.98. The van der Waals surface area contributed by atoms with Crippen LogP contribution in [0.25, 0.3) is 0 Å². The fourth-order valence-corrected chi connectivity index (χ4v) is 2.94. The molecular formula is C15H19NO2. The first-order valence-corrected chi connectivity index (χ1v) is 6.82. The van der Waals surface area contributed by atoms with Crippen LogP contribution in [0.5, 0.6) is 5.75 Å². The van der Waals surface area contributed by atoms with Gasteiger partial charge in [0.15, 0.2) is 6.23 Å². The van der Waals surface area contributed by atoms with Crippen molar-refractivity contribution in [3.05, 3.63) is 29.3 Å². The molecule has 0 spiro atoms. The lowest BCUT2D eigenvalue weighted by Gasteiger charge is -2.34. The number of nitrogens with one attached hydrogen (secondary N) is 1. The van der Waals surface area contributed by atoms with Gasteiger partial charge in [-0.1, -0.05) is 25.3 Å². The molecule has 3 rings (SSSR count). The molecule has 0 unspecified atom stereocenters. The van der Waals surface area contributed by atoms with Crippen molar-refractivity contribution in [3.8, 4) is 5.75 Å². The summed E-state index contributed by atoms with van der Waals surface area (Å²) in [7, 11) is 0. The van der Waals surface area contributed by atoms with Gasteiger partial charge in [0, 0.05) is 5.92 Å². The lowest BCUT2D eigenvalue weighted by Crippen LogP contribution is -2.48. The molecule has 2 aliphatic rings. The maximum absolute atomic E-state index is 12.1. The van der Waals surface area contributed by atoms with Crippen molar-refractivity contribution in [3.63, 3.8) is 0 Å². The summed E-state index contributed by atoms with van der Waals surface area (Å²) in [6.07, 6.45) is 6.00. The van der Waals surface area contributed by atoms with Crippen molar-refractivity contribution in [2.45, 2.75) is 45.3 Å². The van der Waals surface area contributed by atoms with E-state index in [1.807, 2.05) is 25.1 Å². The zero-order valence-electron chi connectivity index (χ0n) is 10.7. The SMILES string of the molecule is Cc1ccc2c(c1)O[C@H](C1CCCCC1)NC2=O. The molecule has 1 aromatic rings. The van der Waals surface area contributed by atoms with Crippen LogP contribution in [-0.2, 0) is 0 Å². The predicted molar refractivity (Wildman–Crippen MR) is 69.6 cm³/mol. The normalized spacial score (nSPS) is 24.1. The van der Waals surface area contributed by atoms with Gasteiger partial charge in [0.05, 0.1) is 5.56 Å². The number of fused-ring (bicyclic) bond motifs is 1. The number of hydrogen-bond acceptors (Lipinski definition) is 2. The molecule has 1 amide bonds. The lowest BCUT2D eigenvalue weighted by molar-refractivity contribution is 0.0497. The largest absolute Gasteiger partial charge is 0.470 e. The summed E-state index contributed by atoms with van der Waals surface area (Å²) in [5.74, 6) is 1.22. The predicted octanol–water partition coefficient (Wildman–Crippen LogP) is 3.02. The van der Waals surface area contributed by atoms with Crippen LogP contribution in [0.1, 0.15) is 48.0 Å². The Kier molecular flexibility index (Phi) is 2.98. The van der Waals surface area contributed by atoms with Crippen LogP contribution in [0.2, 0.25) is 0 Å². The van der Waals surface area contributed by atoms with Gasteiger partial charge in [-0.25, -0.2) is 0 Å². The summed E-state index contributed by atoms with van der Waals surface area (Å²) >= 11 is 0. The van der Waals surface area contributed by atoms with Crippen molar-refractivity contribution in [2.75, 3.05) is 0 Å². The highest BCUT2D eigenvalue weighted by atomic mass is 16.5. The zero-order chi connectivity index (χ0) is 12.5. The number of amides is 1. The Labute approximate surface area is 108 Å². The Bertz CT molecular complexity index is 464. The number of ether oxygens (including phenoxy) is 1. The molecule has 0 aromatic heterocycles. The van der Waals surface area contributed by atoms with Crippen LogP contribution in [0, 0.1) is 12.8 Å². The molecule has 1 aliphatic heterocycles. The molecule has 1 heterocycles. The molecule has 0 bridgehead atoms. The van der Waals surface area contributed by atoms with E-state index in [-0.39, 0.29) is 12.1 Å². The minimum absolute atomic E-state index is 0.00632. The average molecular weight is 245 g/mol. The Balaban J connectivity index is 1.83. The summed E-state index contributed by atoms with van der Waals surface area (Å²) in [5.41, 5.74) is 1.79. The molecule has 3 nitrogen and oxygen atoms in total. The number of carbonyl (C=O) groups is 1. The first-order valence-electron chi connectivity index (χ1n) is 6.82. The molecule has 18 heavy (non-hydrogen) atoms. The Morgan fingerprint density at radius 3 is 2.78 bits per heavy atom. The number of hydrogen-bond donors (Lipinski definition) is 1. The first-order chi connectivity index (χ1) is 8.74. The topological polar surface area (TPSA) is 38.3 Å². The Morgan fingerprint density at radius 1 is 1.22 bits per heavy atom. The van der Waals surface area contributed by atoms with Gasteiger partial charge in [-0.15, -0.1) is 0 Å². The van der Waals surface area contributed by atoms with Gasteiger partial charge >= 0.3 is 0 Å². The van der Waals surface area contributed by atoms with Gasteiger partial charge in [-0.3, -0.25) is 4.79 Å². The van der Waals surface area contributed by atoms with E-state index in [0.29, 0.717) is 11.5 Å². The number of carbonyl (C=O) groups excluding carboxylic acids is 1. The van der Waals surface area contributed by atoms with Crippen molar-refractivity contribution in [1.29, 1.82) is 0 Å². The molecule has 0 radical (unpaired) electrons. The molecule has 3 heteroatoms. The van der Waals surface area contributed by atoms with Crippen LogP contribution in [-0.4, -0.2) is 12.1 Å². The van der Waals surface area contributed by atoms with Crippen molar-refractivity contribution >= 4 is 5.91 Å². The van der Waals surface area contributed by atoms with E-state index >= 15 is 0 Å². The van der Waals surface area contributed by atoms with E-state index < -0.39 is 0 Å². The van der Waals surface area contributed by atoms with E-state index in [9.17, 15) is 4.79 Å². The smallest absolute Gasteiger partial charge is 0.257 e. The third-order valence-corrected chi connectivity index (χ3v) is 3.99. The second-order valence-electron chi connectivity index (χ2n) is 5.41. The number of benzene rings is 1. The van der Waals surface area contributed by atoms with Gasteiger partial charge in [-0.2, -0.15) is 0 Å². The van der Waals surface area contributed by atoms with E-state index in [1.165, 1.54) is 19.3 Å². The van der Waals surface area contributed by atoms with E-state index in [0.717, 1.165) is 24.2 Å². The zero-order valence-corrected chi connectivity index (χ0v) is 10.7. The number of aryl methyl sites for hydroxylation is 1. The van der Waals surface area contributed by atoms with Gasteiger partial charge in [0.2, 0.25) is 0 Å². The van der Waals surface area contributed by atoms with Crippen LogP contribution in [0.3, 0.4) is 0 Å². The van der Waals surface area contributed by atoms with Gasteiger partial charge in [-0.05, 0) is 37.5 Å². The minimum Gasteiger partial charge on any atom is -0.470 e. The maximum Gasteiger partial charge on any atom is 0.257 e. The minimum atomic E-state index is -0.132. The molecule has 96 valence electrons. The van der Waals surface area contributed by atoms with Gasteiger partial charge < -0.3 is 10.1 Å². The van der Waals surface area contributed by atoms with Crippen molar-refractivity contribution in [1.82, 2.24) is 5.32 Å². The van der Waals surface area contributed by atoms with Crippen LogP contribution in [0.4, 0.5) is 0 Å². The Morgan fingerprint density at radius 2 is 2.00 bits per heavy atom. The third kappa shape index (κ3) is 2.09. The van der Waals surface area contributed by atoms with Crippen molar-refractivity contribution in [2.24, 2.45) is 5.92 Å². The van der Waals surface area contributed by atoms with Crippen LogP contribution < -0.4 is 10.1 Å². The molecule has 1 aliphatic carbocycles. The number of rotatable bonds is 1. The highest BCUT2D eigenvalue weighted by Crippen LogP contribution is 2.32. The standard InChI is InChI=1S/C15H19NO2/c1-10-7-8-12-13(9-10)18-15(16-14(12)17)11-5-3-2-4-6-11/h7-9,11,15H,2-6H2,1H3,(H,16,17)/t15-/m1/s1. The second kappa shape index (κ2) is 4.63. The van der Waals surface area contributed by atoms with Crippen molar-refractivity contribution < 1.29 is 9.53 Å². The fraction of sp³-hybridized carbons (Fsp3) is 0.533. The van der Waals surface area contributed by atoms with E-state index in [1.54, 1.807) is 0 Å². The van der Waals surface area contributed by atoms with Crippen LogP contribution >= 0.6 is 0 Å². The fourth-order valence-electron chi connectivity index (χ4n) is 2.94. The van der Waals surface area contributed by atoms with E-state index in [2.05, 4.69) is 5.32 Å². The van der Waals surface area contributed by atoms with Gasteiger partial charge in [0.1, 0.15) is 5.75 Å². The lowest BCUT2D eigenvalue weighted by atomic mass is 9.87. The van der Waals surface area contributed by atoms with Crippen LogP contribution in [0.15, 0.2) is 18.2 Å². The molecule has 1 atom stereocenters. The van der Waals surface area contributed by atoms with Gasteiger partial charge in [0.25, 0.3) is 5.91 Å². The molecular weight excluding hydrogens is 226 g/mol. The summed E-state index contributed by atoms with van der Waals surface area (Å²) < 4.78 is 5.99. The summed E-state index contributed by atoms with van der Waals surface area (Å²) in [4.78, 5) is 12.1. The quantitative estimate of drug-likeness (QED) is 0.826. The summed E-state index contributed by atoms with van der Waals surface area (Å²) in [6.45, 7) is 2.02. The maximum atomic E-state index is 12.1.